The highest BCUT2D eigenvalue weighted by atomic mass is 16.2. The lowest BCUT2D eigenvalue weighted by Crippen LogP contribution is -2.26. The zero-order valence-corrected chi connectivity index (χ0v) is 13.1. The third-order valence-corrected chi connectivity index (χ3v) is 4.52. The van der Waals surface area contributed by atoms with Crippen molar-refractivity contribution >= 4 is 16.8 Å². The van der Waals surface area contributed by atoms with Crippen molar-refractivity contribution in [3.63, 3.8) is 0 Å². The number of fused-ring (bicyclic) bond motifs is 2. The summed E-state index contributed by atoms with van der Waals surface area (Å²) in [5.74, 6) is 0.152. The van der Waals surface area contributed by atoms with Crippen LogP contribution < -0.4 is 0 Å². The van der Waals surface area contributed by atoms with Gasteiger partial charge in [0.15, 0.2) is 0 Å². The van der Waals surface area contributed by atoms with Crippen molar-refractivity contribution in [2.45, 2.75) is 19.9 Å². The van der Waals surface area contributed by atoms with Crippen molar-refractivity contribution in [3.05, 3.63) is 77.0 Å². The number of carbonyl (C=O) groups is 1. The first-order chi connectivity index (χ1) is 11.2. The average molecular weight is 302 g/mol. The Hall–Kier alpha value is -2.68. The van der Waals surface area contributed by atoms with Gasteiger partial charge >= 0.3 is 0 Å². The van der Waals surface area contributed by atoms with Crippen molar-refractivity contribution in [3.8, 4) is 0 Å². The van der Waals surface area contributed by atoms with Gasteiger partial charge in [0.2, 0.25) is 0 Å². The van der Waals surface area contributed by atoms with Crippen LogP contribution in [0.1, 0.15) is 27.2 Å². The van der Waals surface area contributed by atoms with Crippen LogP contribution in [0.3, 0.4) is 0 Å². The van der Waals surface area contributed by atoms with E-state index in [1.165, 1.54) is 0 Å². The predicted octanol–water partition coefficient (Wildman–Crippen LogP) is 3.74. The number of para-hydroxylation sites is 1. The lowest BCUT2D eigenvalue weighted by molar-refractivity contribution is 0.0779. The number of amides is 1. The van der Waals surface area contributed by atoms with E-state index in [2.05, 4.69) is 29.2 Å². The normalized spacial score (nSPS) is 13.6. The highest BCUT2D eigenvalue weighted by molar-refractivity contribution is 5.99. The quantitative estimate of drug-likeness (QED) is 0.738. The Bertz CT molecular complexity index is 901. The summed E-state index contributed by atoms with van der Waals surface area (Å²) >= 11 is 0. The average Bonchev–Trinajstić information content (AvgIpc) is 2.90. The van der Waals surface area contributed by atoms with E-state index in [1.807, 2.05) is 42.2 Å². The van der Waals surface area contributed by atoms with Crippen molar-refractivity contribution in [1.82, 2.24) is 9.88 Å². The molecule has 1 aromatic heterocycles. The van der Waals surface area contributed by atoms with Crippen LogP contribution in [-0.2, 0) is 13.0 Å². The minimum atomic E-state index is 0.152. The topological polar surface area (TPSA) is 33.2 Å². The lowest BCUT2D eigenvalue weighted by atomic mass is 10.0. The third kappa shape index (κ3) is 2.48. The molecule has 0 aliphatic carbocycles. The molecule has 23 heavy (non-hydrogen) atoms. The Morgan fingerprint density at radius 3 is 2.78 bits per heavy atom. The fourth-order valence-corrected chi connectivity index (χ4v) is 3.28. The van der Waals surface area contributed by atoms with Gasteiger partial charge in [-0.2, -0.15) is 0 Å². The first-order valence-electron chi connectivity index (χ1n) is 7.95. The molecule has 2 heterocycles. The van der Waals surface area contributed by atoms with Crippen LogP contribution in [-0.4, -0.2) is 22.3 Å². The van der Waals surface area contributed by atoms with Gasteiger partial charge in [-0.05, 0) is 30.2 Å². The molecule has 4 rings (SSSR count). The van der Waals surface area contributed by atoms with Crippen LogP contribution in [0.4, 0.5) is 0 Å². The standard InChI is InChI=1S/C20H18N2O/c1-14-5-4-7-16-13-22(20(23)19(14)16)12-11-17-10-9-15-6-2-3-8-18(15)21-17/h2-10H,11-13H2,1H3. The van der Waals surface area contributed by atoms with Crippen LogP contribution in [0.2, 0.25) is 0 Å². The molecule has 1 amide bonds. The second-order valence-electron chi connectivity index (χ2n) is 6.08. The van der Waals surface area contributed by atoms with E-state index in [0.717, 1.165) is 39.7 Å². The fourth-order valence-electron chi connectivity index (χ4n) is 3.28. The van der Waals surface area contributed by atoms with E-state index in [0.29, 0.717) is 13.1 Å². The molecular formula is C20H18N2O. The van der Waals surface area contributed by atoms with Crippen LogP contribution in [0, 0.1) is 6.92 Å². The predicted molar refractivity (Wildman–Crippen MR) is 91.4 cm³/mol. The number of carbonyl (C=O) groups excluding carboxylic acids is 1. The number of aromatic nitrogens is 1. The molecule has 0 N–H and O–H groups in total. The highest BCUT2D eigenvalue weighted by Gasteiger charge is 2.28. The van der Waals surface area contributed by atoms with Crippen LogP contribution in [0.25, 0.3) is 10.9 Å². The number of nitrogens with zero attached hydrogens (tertiary/aromatic N) is 2. The number of pyridine rings is 1. The van der Waals surface area contributed by atoms with E-state index in [-0.39, 0.29) is 5.91 Å². The molecule has 0 radical (unpaired) electrons. The number of hydrogen-bond acceptors (Lipinski definition) is 2. The van der Waals surface area contributed by atoms with E-state index in [4.69, 9.17) is 0 Å². The Balaban J connectivity index is 1.51. The molecule has 2 aromatic carbocycles. The Morgan fingerprint density at radius 1 is 1.04 bits per heavy atom. The summed E-state index contributed by atoms with van der Waals surface area (Å²) < 4.78 is 0. The minimum absolute atomic E-state index is 0.152. The van der Waals surface area contributed by atoms with Crippen molar-refractivity contribution in [2.24, 2.45) is 0 Å². The monoisotopic (exact) mass is 302 g/mol. The van der Waals surface area contributed by atoms with Crippen LogP contribution in [0.15, 0.2) is 54.6 Å². The lowest BCUT2D eigenvalue weighted by Gasteiger charge is -2.15. The van der Waals surface area contributed by atoms with E-state index in [9.17, 15) is 4.79 Å². The summed E-state index contributed by atoms with van der Waals surface area (Å²) in [6.45, 7) is 3.42. The van der Waals surface area contributed by atoms with Gasteiger partial charge in [0, 0.05) is 36.2 Å². The van der Waals surface area contributed by atoms with Gasteiger partial charge < -0.3 is 4.90 Å². The van der Waals surface area contributed by atoms with Gasteiger partial charge in [0.25, 0.3) is 5.91 Å². The van der Waals surface area contributed by atoms with Gasteiger partial charge in [-0.3, -0.25) is 9.78 Å². The summed E-state index contributed by atoms with van der Waals surface area (Å²) in [4.78, 5) is 19.2. The Morgan fingerprint density at radius 2 is 1.91 bits per heavy atom. The second-order valence-corrected chi connectivity index (χ2v) is 6.08. The molecule has 0 fully saturated rings. The molecule has 114 valence electrons. The summed E-state index contributed by atoms with van der Waals surface area (Å²) in [5.41, 5.74) is 5.14. The van der Waals surface area contributed by atoms with E-state index >= 15 is 0 Å². The highest BCUT2D eigenvalue weighted by Crippen LogP contribution is 2.25. The largest absolute Gasteiger partial charge is 0.334 e. The van der Waals surface area contributed by atoms with Crippen molar-refractivity contribution < 1.29 is 4.79 Å². The maximum atomic E-state index is 12.6. The molecule has 0 unspecified atom stereocenters. The van der Waals surface area contributed by atoms with Crippen molar-refractivity contribution in [1.29, 1.82) is 0 Å². The summed E-state index contributed by atoms with van der Waals surface area (Å²) in [6, 6.07) is 18.3. The second kappa shape index (κ2) is 5.51. The minimum Gasteiger partial charge on any atom is -0.334 e. The van der Waals surface area contributed by atoms with Crippen LogP contribution in [0.5, 0.6) is 0 Å². The number of rotatable bonds is 3. The van der Waals surface area contributed by atoms with Gasteiger partial charge in [0.05, 0.1) is 5.52 Å². The first-order valence-corrected chi connectivity index (χ1v) is 7.95. The van der Waals surface area contributed by atoms with Gasteiger partial charge in [-0.15, -0.1) is 0 Å². The number of aryl methyl sites for hydroxylation is 1. The fraction of sp³-hybridized carbons (Fsp3) is 0.200. The molecule has 0 atom stereocenters. The molecule has 0 bridgehead atoms. The van der Waals surface area contributed by atoms with Gasteiger partial charge in [0.1, 0.15) is 0 Å². The molecule has 0 saturated carbocycles. The maximum absolute atomic E-state index is 12.6. The van der Waals surface area contributed by atoms with Crippen LogP contribution >= 0.6 is 0 Å². The first kappa shape index (κ1) is 13.9. The summed E-state index contributed by atoms with van der Waals surface area (Å²) in [6.07, 6.45) is 0.781. The number of hydrogen-bond donors (Lipinski definition) is 0. The summed E-state index contributed by atoms with van der Waals surface area (Å²) in [7, 11) is 0. The Kier molecular flexibility index (Phi) is 3.34. The Labute approximate surface area is 135 Å². The molecule has 3 heteroatoms. The van der Waals surface area contributed by atoms with E-state index in [1.54, 1.807) is 0 Å². The molecular weight excluding hydrogens is 284 g/mol. The van der Waals surface area contributed by atoms with E-state index < -0.39 is 0 Å². The number of benzene rings is 2. The summed E-state index contributed by atoms with van der Waals surface area (Å²) in [5, 5.41) is 1.15. The zero-order chi connectivity index (χ0) is 15.8. The van der Waals surface area contributed by atoms with Crippen molar-refractivity contribution in [2.75, 3.05) is 6.54 Å². The van der Waals surface area contributed by atoms with Gasteiger partial charge in [-0.25, -0.2) is 0 Å². The molecule has 0 spiro atoms. The zero-order valence-electron chi connectivity index (χ0n) is 13.1. The third-order valence-electron chi connectivity index (χ3n) is 4.52. The SMILES string of the molecule is Cc1cccc2c1C(=O)N(CCc1ccc3ccccc3n1)C2. The molecule has 1 aliphatic heterocycles. The smallest absolute Gasteiger partial charge is 0.254 e. The molecule has 0 saturated heterocycles. The molecule has 1 aliphatic rings. The maximum Gasteiger partial charge on any atom is 0.254 e. The molecule has 3 aromatic rings. The molecule has 3 nitrogen and oxygen atoms in total. The van der Waals surface area contributed by atoms with Gasteiger partial charge in [-0.1, -0.05) is 42.5 Å².